The van der Waals surface area contributed by atoms with Crippen LogP contribution in [-0.4, -0.2) is 43.5 Å². The van der Waals surface area contributed by atoms with Crippen LogP contribution in [0.5, 0.6) is 0 Å². The summed E-state index contributed by atoms with van der Waals surface area (Å²) in [6, 6.07) is 0.636. The lowest BCUT2D eigenvalue weighted by molar-refractivity contribution is -0.120. The maximum atomic E-state index is 11.7. The summed E-state index contributed by atoms with van der Waals surface area (Å²) in [7, 11) is 1.76. The van der Waals surface area contributed by atoms with E-state index in [1.54, 1.807) is 7.11 Å². The van der Waals surface area contributed by atoms with Gasteiger partial charge in [-0.2, -0.15) is 0 Å². The summed E-state index contributed by atoms with van der Waals surface area (Å²) in [5, 5.41) is 0. The van der Waals surface area contributed by atoms with E-state index in [1.807, 2.05) is 0 Å². The number of hydrogen-bond acceptors (Lipinski definition) is 3. The molecule has 1 unspecified atom stereocenters. The van der Waals surface area contributed by atoms with Crippen molar-refractivity contribution in [2.24, 2.45) is 5.92 Å². The van der Waals surface area contributed by atoms with Gasteiger partial charge in [0.2, 0.25) is 0 Å². The van der Waals surface area contributed by atoms with Crippen LogP contribution in [-0.2, 0) is 9.53 Å². The molecule has 0 heterocycles. The first kappa shape index (κ1) is 15.6. The second-order valence-corrected chi connectivity index (χ2v) is 5.34. The van der Waals surface area contributed by atoms with Gasteiger partial charge in [-0.1, -0.05) is 13.8 Å². The lowest BCUT2D eigenvalue weighted by Gasteiger charge is -2.30. The number of Topliss-reactive ketones (excluding diaryl/α,β-unsaturated/α-hetero) is 1. The summed E-state index contributed by atoms with van der Waals surface area (Å²) < 4.78 is 5.20. The largest absolute Gasteiger partial charge is 0.383 e. The summed E-state index contributed by atoms with van der Waals surface area (Å²) in [4.78, 5) is 14.2. The predicted molar refractivity (Wildman–Crippen MR) is 74.8 cm³/mol. The molecule has 1 aliphatic rings. The number of hydrogen-bond donors (Lipinski definition) is 0. The zero-order valence-electron chi connectivity index (χ0n) is 12.3. The van der Waals surface area contributed by atoms with Gasteiger partial charge in [0.15, 0.2) is 0 Å². The molecular weight excluding hydrogens is 226 g/mol. The van der Waals surface area contributed by atoms with E-state index in [-0.39, 0.29) is 0 Å². The summed E-state index contributed by atoms with van der Waals surface area (Å²) in [6.07, 6.45) is 6.43. The molecule has 0 bridgehead atoms. The van der Waals surface area contributed by atoms with Crippen molar-refractivity contribution in [2.75, 3.05) is 26.8 Å². The molecule has 3 nitrogen and oxygen atoms in total. The summed E-state index contributed by atoms with van der Waals surface area (Å²) in [5.41, 5.74) is 0. The Hall–Kier alpha value is -0.410. The lowest BCUT2D eigenvalue weighted by Crippen LogP contribution is -2.38. The SMILES string of the molecule is CCC(CC)N(CCOC)CCC1CCCC1=O. The maximum absolute atomic E-state index is 11.7. The molecule has 1 fully saturated rings. The molecule has 0 aliphatic heterocycles. The Kier molecular flexibility index (Phi) is 7.52. The number of methoxy groups -OCH3 is 1. The van der Waals surface area contributed by atoms with E-state index in [4.69, 9.17) is 4.74 Å². The van der Waals surface area contributed by atoms with Gasteiger partial charge in [-0.3, -0.25) is 9.69 Å². The number of ether oxygens (including phenoxy) is 1. The van der Waals surface area contributed by atoms with Crippen molar-refractivity contribution >= 4 is 5.78 Å². The minimum Gasteiger partial charge on any atom is -0.383 e. The number of ketones is 1. The molecule has 0 radical (unpaired) electrons. The minimum absolute atomic E-state index is 0.337. The molecule has 0 aromatic carbocycles. The standard InChI is InChI=1S/C15H29NO2/c1-4-14(5-2)16(11-12-18-3)10-9-13-7-6-8-15(13)17/h13-14H,4-12H2,1-3H3. The van der Waals surface area contributed by atoms with Gasteiger partial charge in [0.05, 0.1) is 6.61 Å². The normalized spacial score (nSPS) is 20.3. The molecule has 1 aliphatic carbocycles. The van der Waals surface area contributed by atoms with Gasteiger partial charge in [0, 0.05) is 32.0 Å². The first-order chi connectivity index (χ1) is 8.72. The third kappa shape index (κ3) is 4.69. The number of rotatable bonds is 9. The zero-order valence-corrected chi connectivity index (χ0v) is 12.3. The number of nitrogens with zero attached hydrogens (tertiary/aromatic N) is 1. The Morgan fingerprint density at radius 2 is 2.06 bits per heavy atom. The van der Waals surface area contributed by atoms with E-state index in [1.165, 1.54) is 12.8 Å². The van der Waals surface area contributed by atoms with Crippen molar-refractivity contribution in [1.82, 2.24) is 4.90 Å². The van der Waals surface area contributed by atoms with Crippen LogP contribution in [0.15, 0.2) is 0 Å². The Morgan fingerprint density at radius 1 is 1.33 bits per heavy atom. The monoisotopic (exact) mass is 255 g/mol. The summed E-state index contributed by atoms with van der Waals surface area (Å²) >= 11 is 0. The first-order valence-electron chi connectivity index (χ1n) is 7.48. The van der Waals surface area contributed by atoms with E-state index >= 15 is 0 Å². The quantitative estimate of drug-likeness (QED) is 0.634. The van der Waals surface area contributed by atoms with Gasteiger partial charge in [0.1, 0.15) is 5.78 Å². The van der Waals surface area contributed by atoms with Crippen LogP contribution in [0.3, 0.4) is 0 Å². The topological polar surface area (TPSA) is 29.5 Å². The molecule has 3 heteroatoms. The van der Waals surface area contributed by atoms with E-state index in [0.29, 0.717) is 17.7 Å². The lowest BCUT2D eigenvalue weighted by atomic mass is 10.0. The van der Waals surface area contributed by atoms with Crippen LogP contribution in [0, 0.1) is 5.92 Å². The van der Waals surface area contributed by atoms with Gasteiger partial charge in [0.25, 0.3) is 0 Å². The Labute approximate surface area is 112 Å². The van der Waals surface area contributed by atoms with E-state index in [9.17, 15) is 4.79 Å². The fourth-order valence-corrected chi connectivity index (χ4v) is 3.01. The highest BCUT2D eigenvalue weighted by Gasteiger charge is 2.25. The van der Waals surface area contributed by atoms with Crippen molar-refractivity contribution in [3.8, 4) is 0 Å². The van der Waals surface area contributed by atoms with Crippen molar-refractivity contribution in [3.05, 3.63) is 0 Å². The van der Waals surface area contributed by atoms with Crippen molar-refractivity contribution in [1.29, 1.82) is 0 Å². The summed E-state index contributed by atoms with van der Waals surface area (Å²) in [5.74, 6) is 0.829. The van der Waals surface area contributed by atoms with Gasteiger partial charge in [-0.25, -0.2) is 0 Å². The molecule has 0 spiro atoms. The van der Waals surface area contributed by atoms with E-state index in [0.717, 1.165) is 45.4 Å². The zero-order chi connectivity index (χ0) is 13.4. The highest BCUT2D eigenvalue weighted by molar-refractivity contribution is 5.82. The van der Waals surface area contributed by atoms with Gasteiger partial charge in [-0.15, -0.1) is 0 Å². The molecule has 0 aromatic rings. The smallest absolute Gasteiger partial charge is 0.136 e. The summed E-state index contributed by atoms with van der Waals surface area (Å²) in [6.45, 7) is 7.31. The number of carbonyl (C=O) groups is 1. The number of carbonyl (C=O) groups excluding carboxylic acids is 1. The fraction of sp³-hybridized carbons (Fsp3) is 0.933. The highest BCUT2D eigenvalue weighted by atomic mass is 16.5. The molecule has 0 saturated heterocycles. The van der Waals surface area contributed by atoms with Gasteiger partial charge < -0.3 is 4.74 Å². The molecule has 1 rings (SSSR count). The molecule has 18 heavy (non-hydrogen) atoms. The van der Waals surface area contributed by atoms with Crippen LogP contribution in [0.4, 0.5) is 0 Å². The average Bonchev–Trinajstić information content (AvgIpc) is 2.79. The van der Waals surface area contributed by atoms with E-state index in [2.05, 4.69) is 18.7 Å². The molecule has 1 saturated carbocycles. The Morgan fingerprint density at radius 3 is 2.56 bits per heavy atom. The van der Waals surface area contributed by atoms with Gasteiger partial charge >= 0.3 is 0 Å². The Balaban J connectivity index is 2.41. The van der Waals surface area contributed by atoms with Crippen molar-refractivity contribution in [2.45, 2.75) is 58.4 Å². The van der Waals surface area contributed by atoms with Crippen molar-refractivity contribution in [3.63, 3.8) is 0 Å². The van der Waals surface area contributed by atoms with Crippen LogP contribution in [0.2, 0.25) is 0 Å². The molecule has 0 N–H and O–H groups in total. The van der Waals surface area contributed by atoms with E-state index < -0.39 is 0 Å². The molecular formula is C15H29NO2. The first-order valence-corrected chi connectivity index (χ1v) is 7.48. The van der Waals surface area contributed by atoms with Crippen LogP contribution < -0.4 is 0 Å². The predicted octanol–water partition coefficient (Wildman–Crippen LogP) is 2.88. The molecule has 0 aromatic heterocycles. The average molecular weight is 255 g/mol. The van der Waals surface area contributed by atoms with Crippen LogP contribution >= 0.6 is 0 Å². The second kappa shape index (κ2) is 8.65. The highest BCUT2D eigenvalue weighted by Crippen LogP contribution is 2.25. The van der Waals surface area contributed by atoms with Crippen LogP contribution in [0.25, 0.3) is 0 Å². The van der Waals surface area contributed by atoms with Crippen molar-refractivity contribution < 1.29 is 9.53 Å². The molecule has 0 amide bonds. The third-order valence-electron chi connectivity index (χ3n) is 4.24. The molecule has 106 valence electrons. The Bertz CT molecular complexity index is 239. The second-order valence-electron chi connectivity index (χ2n) is 5.34. The third-order valence-corrected chi connectivity index (χ3v) is 4.24. The minimum atomic E-state index is 0.337. The maximum Gasteiger partial charge on any atom is 0.136 e. The van der Waals surface area contributed by atoms with Crippen LogP contribution in [0.1, 0.15) is 52.4 Å². The van der Waals surface area contributed by atoms with Gasteiger partial charge in [-0.05, 0) is 38.6 Å². The fourth-order valence-electron chi connectivity index (χ4n) is 3.01. The molecule has 1 atom stereocenters.